The molecule has 3 heterocycles. The standard InChI is InChI=1S/C17H25NO4/c1-13-3-4-15(22-13)16(19)18-9-7-17(8-10-18)14(5-11-20-2)6-12-21-17/h3-4,14H,5-12H2,1-2H3/t14-/m1/s1. The van der Waals surface area contributed by atoms with E-state index in [0.29, 0.717) is 11.7 Å². The Labute approximate surface area is 131 Å². The number of methoxy groups -OCH3 is 1. The van der Waals surface area contributed by atoms with Crippen molar-refractivity contribution in [3.63, 3.8) is 0 Å². The summed E-state index contributed by atoms with van der Waals surface area (Å²) in [5.41, 5.74) is -0.0472. The number of ether oxygens (including phenoxy) is 2. The molecule has 0 bridgehead atoms. The van der Waals surface area contributed by atoms with E-state index in [1.807, 2.05) is 17.9 Å². The Hall–Kier alpha value is -1.33. The highest BCUT2D eigenvalue weighted by Gasteiger charge is 2.46. The fourth-order valence-corrected chi connectivity index (χ4v) is 3.80. The van der Waals surface area contributed by atoms with Crippen molar-refractivity contribution in [3.8, 4) is 0 Å². The first kappa shape index (κ1) is 15.6. The molecule has 0 unspecified atom stereocenters. The lowest BCUT2D eigenvalue weighted by atomic mass is 9.78. The van der Waals surface area contributed by atoms with Crippen molar-refractivity contribution in [2.45, 2.75) is 38.2 Å². The Kier molecular flexibility index (Phi) is 4.54. The Balaban J connectivity index is 1.61. The molecule has 1 aromatic rings. The molecular formula is C17H25NO4. The molecule has 1 atom stereocenters. The number of hydrogen-bond acceptors (Lipinski definition) is 4. The summed E-state index contributed by atoms with van der Waals surface area (Å²) in [6, 6.07) is 3.59. The number of carbonyl (C=O) groups excluding carboxylic acids is 1. The number of nitrogens with zero attached hydrogens (tertiary/aromatic N) is 1. The maximum absolute atomic E-state index is 12.4. The van der Waals surface area contributed by atoms with Crippen LogP contribution in [0.1, 0.15) is 42.0 Å². The van der Waals surface area contributed by atoms with Crippen LogP contribution in [0, 0.1) is 12.8 Å². The molecule has 1 spiro atoms. The number of hydrogen-bond donors (Lipinski definition) is 0. The minimum Gasteiger partial charge on any atom is -0.456 e. The van der Waals surface area contributed by atoms with E-state index < -0.39 is 0 Å². The molecule has 5 heteroatoms. The summed E-state index contributed by atoms with van der Waals surface area (Å²) in [4.78, 5) is 14.3. The summed E-state index contributed by atoms with van der Waals surface area (Å²) in [5, 5.41) is 0. The quantitative estimate of drug-likeness (QED) is 0.858. The summed E-state index contributed by atoms with van der Waals surface area (Å²) >= 11 is 0. The Morgan fingerprint density at radius 1 is 1.41 bits per heavy atom. The van der Waals surface area contributed by atoms with E-state index in [0.717, 1.165) is 57.7 Å². The van der Waals surface area contributed by atoms with Crippen LogP contribution in [0.2, 0.25) is 0 Å². The van der Waals surface area contributed by atoms with E-state index in [1.54, 1.807) is 13.2 Å². The third-order valence-electron chi connectivity index (χ3n) is 5.12. The van der Waals surface area contributed by atoms with Crippen molar-refractivity contribution in [3.05, 3.63) is 23.7 Å². The van der Waals surface area contributed by atoms with Crippen LogP contribution in [-0.2, 0) is 9.47 Å². The number of rotatable bonds is 4. The first-order valence-corrected chi connectivity index (χ1v) is 8.13. The molecule has 2 fully saturated rings. The molecule has 0 aliphatic carbocycles. The van der Waals surface area contributed by atoms with Gasteiger partial charge in [0.15, 0.2) is 5.76 Å². The van der Waals surface area contributed by atoms with Crippen LogP contribution < -0.4 is 0 Å². The smallest absolute Gasteiger partial charge is 0.289 e. The Morgan fingerprint density at radius 2 is 2.18 bits per heavy atom. The highest BCUT2D eigenvalue weighted by atomic mass is 16.5. The van der Waals surface area contributed by atoms with E-state index in [1.165, 1.54) is 0 Å². The summed E-state index contributed by atoms with van der Waals surface area (Å²) in [5.74, 6) is 1.76. The molecule has 0 radical (unpaired) electrons. The second-order valence-electron chi connectivity index (χ2n) is 6.38. The minimum atomic E-state index is -0.0472. The second-order valence-corrected chi connectivity index (χ2v) is 6.38. The van der Waals surface area contributed by atoms with Gasteiger partial charge in [-0.25, -0.2) is 0 Å². The Morgan fingerprint density at radius 3 is 2.82 bits per heavy atom. The van der Waals surface area contributed by atoms with Gasteiger partial charge in [-0.3, -0.25) is 4.79 Å². The number of carbonyl (C=O) groups is 1. The molecule has 5 nitrogen and oxygen atoms in total. The van der Waals surface area contributed by atoms with Crippen LogP contribution in [0.25, 0.3) is 0 Å². The molecule has 0 N–H and O–H groups in total. The van der Waals surface area contributed by atoms with Crippen molar-refractivity contribution >= 4 is 5.91 Å². The monoisotopic (exact) mass is 307 g/mol. The molecule has 0 aromatic carbocycles. The number of furan rings is 1. The first-order chi connectivity index (χ1) is 10.6. The van der Waals surface area contributed by atoms with Gasteiger partial charge in [0.25, 0.3) is 5.91 Å². The van der Waals surface area contributed by atoms with Crippen LogP contribution in [-0.4, -0.2) is 49.8 Å². The minimum absolute atomic E-state index is 0.00520. The second kappa shape index (κ2) is 6.42. The molecule has 3 rings (SSSR count). The van der Waals surface area contributed by atoms with Crippen molar-refractivity contribution in [2.75, 3.05) is 33.4 Å². The molecule has 2 saturated heterocycles. The van der Waals surface area contributed by atoms with E-state index in [2.05, 4.69) is 0 Å². The third kappa shape index (κ3) is 2.92. The maximum Gasteiger partial charge on any atom is 0.289 e. The molecule has 2 aliphatic heterocycles. The van der Waals surface area contributed by atoms with E-state index >= 15 is 0 Å². The number of aryl methyl sites for hydroxylation is 1. The fourth-order valence-electron chi connectivity index (χ4n) is 3.80. The molecule has 122 valence electrons. The SMILES string of the molecule is COCC[C@@H]1CCOC12CCN(C(=O)c1ccc(C)o1)CC2. The largest absolute Gasteiger partial charge is 0.456 e. The van der Waals surface area contributed by atoms with Crippen molar-refractivity contribution < 1.29 is 18.7 Å². The van der Waals surface area contributed by atoms with Gasteiger partial charge >= 0.3 is 0 Å². The normalized spacial score (nSPS) is 24.1. The van der Waals surface area contributed by atoms with Crippen LogP contribution in [0.4, 0.5) is 0 Å². The lowest BCUT2D eigenvalue weighted by Crippen LogP contribution is -2.49. The highest BCUT2D eigenvalue weighted by molar-refractivity contribution is 5.91. The van der Waals surface area contributed by atoms with Gasteiger partial charge in [0.1, 0.15) is 5.76 Å². The summed E-state index contributed by atoms with van der Waals surface area (Å²) in [6.45, 7) is 4.95. The van der Waals surface area contributed by atoms with E-state index in [9.17, 15) is 4.79 Å². The van der Waals surface area contributed by atoms with Crippen LogP contribution in [0.3, 0.4) is 0 Å². The van der Waals surface area contributed by atoms with Crippen LogP contribution >= 0.6 is 0 Å². The van der Waals surface area contributed by atoms with Crippen LogP contribution in [0.5, 0.6) is 0 Å². The van der Waals surface area contributed by atoms with Crippen molar-refractivity contribution in [1.29, 1.82) is 0 Å². The Bertz CT molecular complexity index is 516. The zero-order chi connectivity index (χ0) is 15.6. The highest BCUT2D eigenvalue weighted by Crippen LogP contribution is 2.42. The molecular weight excluding hydrogens is 282 g/mol. The zero-order valence-corrected chi connectivity index (χ0v) is 13.5. The van der Waals surface area contributed by atoms with Gasteiger partial charge in [-0.1, -0.05) is 0 Å². The van der Waals surface area contributed by atoms with Gasteiger partial charge < -0.3 is 18.8 Å². The summed E-state index contributed by atoms with van der Waals surface area (Å²) in [6.07, 6.45) is 3.97. The average Bonchev–Trinajstić information content (AvgIpc) is 3.12. The van der Waals surface area contributed by atoms with Gasteiger partial charge in [-0.05, 0) is 50.7 Å². The molecule has 0 saturated carbocycles. The third-order valence-corrected chi connectivity index (χ3v) is 5.12. The van der Waals surface area contributed by atoms with Crippen molar-refractivity contribution in [1.82, 2.24) is 4.90 Å². The van der Waals surface area contributed by atoms with Gasteiger partial charge in [0.05, 0.1) is 5.60 Å². The summed E-state index contributed by atoms with van der Waals surface area (Å²) in [7, 11) is 1.75. The number of piperidine rings is 1. The van der Waals surface area contributed by atoms with Crippen molar-refractivity contribution in [2.24, 2.45) is 5.92 Å². The van der Waals surface area contributed by atoms with Gasteiger partial charge in [-0.2, -0.15) is 0 Å². The molecule has 2 aliphatic rings. The lowest BCUT2D eigenvalue weighted by Gasteiger charge is -2.42. The fraction of sp³-hybridized carbons (Fsp3) is 0.706. The first-order valence-electron chi connectivity index (χ1n) is 8.13. The zero-order valence-electron chi connectivity index (χ0n) is 13.5. The maximum atomic E-state index is 12.4. The topological polar surface area (TPSA) is 51.9 Å². The van der Waals surface area contributed by atoms with E-state index in [4.69, 9.17) is 13.9 Å². The van der Waals surface area contributed by atoms with Gasteiger partial charge in [0, 0.05) is 33.4 Å². The predicted octanol–water partition coefficient (Wildman–Crippen LogP) is 2.64. The molecule has 1 amide bonds. The average molecular weight is 307 g/mol. The van der Waals surface area contributed by atoms with Crippen LogP contribution in [0.15, 0.2) is 16.5 Å². The number of likely N-dealkylation sites (tertiary alicyclic amines) is 1. The van der Waals surface area contributed by atoms with Gasteiger partial charge in [0.2, 0.25) is 0 Å². The lowest BCUT2D eigenvalue weighted by molar-refractivity contribution is -0.0664. The number of amides is 1. The molecule has 22 heavy (non-hydrogen) atoms. The summed E-state index contributed by atoms with van der Waals surface area (Å²) < 4.78 is 16.8. The predicted molar refractivity (Wildman–Crippen MR) is 81.9 cm³/mol. The van der Waals surface area contributed by atoms with Gasteiger partial charge in [-0.15, -0.1) is 0 Å². The molecule has 1 aromatic heterocycles. The van der Waals surface area contributed by atoms with E-state index in [-0.39, 0.29) is 11.5 Å².